The predicted molar refractivity (Wildman–Crippen MR) is 42.9 cm³/mol. The molecule has 13 heavy (non-hydrogen) atoms. The molecule has 0 saturated heterocycles. The Morgan fingerprint density at radius 1 is 1.62 bits per heavy atom. The van der Waals surface area contributed by atoms with Crippen molar-refractivity contribution in [1.82, 2.24) is 14.8 Å². The van der Waals surface area contributed by atoms with Crippen LogP contribution in [0.25, 0.3) is 0 Å². The van der Waals surface area contributed by atoms with Gasteiger partial charge in [-0.3, -0.25) is 9.48 Å². The zero-order valence-corrected chi connectivity index (χ0v) is 7.00. The first-order valence-corrected chi connectivity index (χ1v) is 3.91. The summed E-state index contributed by atoms with van der Waals surface area (Å²) in [7, 11) is 0. The Balaban J connectivity index is 2.22. The molecular weight excluding hydrogens is 174 g/mol. The van der Waals surface area contributed by atoms with Crippen LogP contribution in [0.4, 0.5) is 0 Å². The molecule has 6 heteroatoms. The fraction of sp³-hybridized carbons (Fsp3) is 0.571. The molecule has 0 spiro atoms. The number of carboxylic acid groups (broad SMARTS) is 1. The van der Waals surface area contributed by atoms with Crippen molar-refractivity contribution in [2.45, 2.75) is 25.5 Å². The van der Waals surface area contributed by atoms with Gasteiger partial charge in [0.1, 0.15) is 12.7 Å². The third-order valence-electron chi connectivity index (χ3n) is 1.57. The normalized spacial score (nSPS) is 12.7. The van der Waals surface area contributed by atoms with E-state index in [1.165, 1.54) is 12.7 Å². The van der Waals surface area contributed by atoms with Crippen molar-refractivity contribution >= 4 is 5.97 Å². The predicted octanol–water partition coefficient (Wildman–Crippen LogP) is -0.496. The van der Waals surface area contributed by atoms with Crippen LogP contribution >= 0.6 is 0 Å². The minimum atomic E-state index is -0.994. The summed E-state index contributed by atoms with van der Waals surface area (Å²) in [6.45, 7) is 0.481. The van der Waals surface area contributed by atoms with Crippen LogP contribution in [0.15, 0.2) is 12.7 Å². The molecule has 0 bridgehead atoms. The van der Waals surface area contributed by atoms with Crippen LogP contribution < -0.4 is 0 Å². The van der Waals surface area contributed by atoms with Crippen molar-refractivity contribution in [2.24, 2.45) is 0 Å². The first kappa shape index (κ1) is 9.66. The fourth-order valence-electron chi connectivity index (χ4n) is 0.933. The Labute approximate surface area is 74.8 Å². The van der Waals surface area contributed by atoms with Crippen molar-refractivity contribution in [3.05, 3.63) is 12.7 Å². The molecule has 1 rings (SSSR count). The molecule has 1 heterocycles. The van der Waals surface area contributed by atoms with E-state index in [0.717, 1.165) is 0 Å². The fourth-order valence-corrected chi connectivity index (χ4v) is 0.933. The van der Waals surface area contributed by atoms with E-state index in [-0.39, 0.29) is 6.42 Å². The third-order valence-corrected chi connectivity index (χ3v) is 1.57. The third kappa shape index (κ3) is 3.66. The largest absolute Gasteiger partial charge is 0.481 e. The van der Waals surface area contributed by atoms with Crippen molar-refractivity contribution in [3.63, 3.8) is 0 Å². The number of aliphatic hydroxyl groups excluding tert-OH is 1. The van der Waals surface area contributed by atoms with Gasteiger partial charge in [-0.15, -0.1) is 0 Å². The highest BCUT2D eigenvalue weighted by molar-refractivity contribution is 5.67. The van der Waals surface area contributed by atoms with Crippen molar-refractivity contribution in [3.8, 4) is 0 Å². The van der Waals surface area contributed by atoms with Gasteiger partial charge in [0, 0.05) is 6.54 Å². The standard InChI is InChI=1S/C7H11N3O3/c11-6(3-7(12)13)1-2-10-5-8-4-9-10/h4-6,11H,1-3H2,(H,12,13)/t6-/m1/s1. The van der Waals surface area contributed by atoms with Crippen LogP contribution in [0, 0.1) is 0 Å². The second kappa shape index (κ2) is 4.56. The molecule has 0 saturated carbocycles. The highest BCUT2D eigenvalue weighted by Crippen LogP contribution is 1.99. The van der Waals surface area contributed by atoms with E-state index in [1.807, 2.05) is 0 Å². The van der Waals surface area contributed by atoms with Gasteiger partial charge in [0.05, 0.1) is 12.5 Å². The quantitative estimate of drug-likeness (QED) is 0.645. The van der Waals surface area contributed by atoms with E-state index in [1.54, 1.807) is 4.68 Å². The molecule has 0 unspecified atom stereocenters. The lowest BCUT2D eigenvalue weighted by molar-refractivity contribution is -0.139. The van der Waals surface area contributed by atoms with E-state index in [9.17, 15) is 9.90 Å². The van der Waals surface area contributed by atoms with Crippen molar-refractivity contribution < 1.29 is 15.0 Å². The van der Waals surface area contributed by atoms with Gasteiger partial charge in [0.15, 0.2) is 0 Å². The molecule has 0 aliphatic carbocycles. The van der Waals surface area contributed by atoms with E-state index < -0.39 is 12.1 Å². The maximum atomic E-state index is 10.2. The number of hydrogen-bond donors (Lipinski definition) is 2. The van der Waals surface area contributed by atoms with Crippen LogP contribution in [0.1, 0.15) is 12.8 Å². The topological polar surface area (TPSA) is 88.2 Å². The molecular formula is C7H11N3O3. The van der Waals surface area contributed by atoms with Gasteiger partial charge in [-0.05, 0) is 6.42 Å². The molecule has 0 aromatic carbocycles. The average Bonchev–Trinajstić information content (AvgIpc) is 2.51. The van der Waals surface area contributed by atoms with Gasteiger partial charge in [0.2, 0.25) is 0 Å². The van der Waals surface area contributed by atoms with E-state index in [2.05, 4.69) is 10.1 Å². The minimum Gasteiger partial charge on any atom is -0.481 e. The second-order valence-corrected chi connectivity index (χ2v) is 2.70. The maximum Gasteiger partial charge on any atom is 0.305 e. The van der Waals surface area contributed by atoms with Crippen LogP contribution in [0.2, 0.25) is 0 Å². The Hall–Kier alpha value is -1.43. The zero-order valence-electron chi connectivity index (χ0n) is 7.00. The van der Waals surface area contributed by atoms with Crippen LogP contribution in [0.3, 0.4) is 0 Å². The highest BCUT2D eigenvalue weighted by atomic mass is 16.4. The molecule has 0 aliphatic rings. The van der Waals surface area contributed by atoms with E-state index >= 15 is 0 Å². The van der Waals surface area contributed by atoms with Gasteiger partial charge in [-0.1, -0.05) is 0 Å². The monoisotopic (exact) mass is 185 g/mol. The number of aliphatic carboxylic acids is 1. The lowest BCUT2D eigenvalue weighted by Gasteiger charge is -2.06. The van der Waals surface area contributed by atoms with Gasteiger partial charge < -0.3 is 10.2 Å². The number of hydrogen-bond acceptors (Lipinski definition) is 4. The lowest BCUT2D eigenvalue weighted by Crippen LogP contribution is -2.15. The average molecular weight is 185 g/mol. The van der Waals surface area contributed by atoms with Crippen LogP contribution in [-0.4, -0.2) is 37.1 Å². The summed E-state index contributed by atoms with van der Waals surface area (Å²) in [6.07, 6.45) is 2.24. The van der Waals surface area contributed by atoms with E-state index in [4.69, 9.17) is 5.11 Å². The summed E-state index contributed by atoms with van der Waals surface area (Å²) < 4.78 is 1.55. The summed E-state index contributed by atoms with van der Waals surface area (Å²) in [5, 5.41) is 21.3. The smallest absolute Gasteiger partial charge is 0.305 e. The number of aliphatic hydroxyl groups is 1. The molecule has 0 radical (unpaired) electrons. The first-order valence-electron chi connectivity index (χ1n) is 3.91. The summed E-state index contributed by atoms with van der Waals surface area (Å²) in [6, 6.07) is 0. The SMILES string of the molecule is O=C(O)C[C@H](O)CCn1cncn1. The zero-order chi connectivity index (χ0) is 9.68. The molecule has 0 aliphatic heterocycles. The minimum absolute atomic E-state index is 0.227. The number of carbonyl (C=O) groups is 1. The molecule has 2 N–H and O–H groups in total. The molecule has 6 nitrogen and oxygen atoms in total. The number of rotatable bonds is 5. The Kier molecular flexibility index (Phi) is 3.39. The molecule has 0 fully saturated rings. The summed E-state index contributed by atoms with van der Waals surface area (Å²) in [5.41, 5.74) is 0. The van der Waals surface area contributed by atoms with Crippen molar-refractivity contribution in [1.29, 1.82) is 0 Å². The molecule has 1 aromatic heterocycles. The second-order valence-electron chi connectivity index (χ2n) is 2.70. The van der Waals surface area contributed by atoms with Crippen LogP contribution in [-0.2, 0) is 11.3 Å². The Morgan fingerprint density at radius 3 is 2.92 bits per heavy atom. The summed E-state index contributed by atoms with van der Waals surface area (Å²) >= 11 is 0. The molecule has 0 amide bonds. The number of aromatic nitrogens is 3. The Morgan fingerprint density at radius 2 is 2.38 bits per heavy atom. The van der Waals surface area contributed by atoms with Crippen molar-refractivity contribution in [2.75, 3.05) is 0 Å². The number of carboxylic acids is 1. The van der Waals surface area contributed by atoms with Gasteiger partial charge in [-0.2, -0.15) is 5.10 Å². The molecule has 1 aromatic rings. The molecule has 72 valence electrons. The Bertz CT molecular complexity index is 260. The lowest BCUT2D eigenvalue weighted by atomic mass is 10.2. The number of nitrogens with zero attached hydrogens (tertiary/aromatic N) is 3. The van der Waals surface area contributed by atoms with Gasteiger partial charge in [-0.25, -0.2) is 4.98 Å². The summed E-state index contributed by atoms with van der Waals surface area (Å²) in [5.74, 6) is -0.994. The van der Waals surface area contributed by atoms with Crippen LogP contribution in [0.5, 0.6) is 0 Å². The molecule has 1 atom stereocenters. The maximum absolute atomic E-state index is 10.2. The van der Waals surface area contributed by atoms with Gasteiger partial charge >= 0.3 is 5.97 Å². The van der Waals surface area contributed by atoms with E-state index in [0.29, 0.717) is 13.0 Å². The number of aryl methyl sites for hydroxylation is 1. The first-order chi connectivity index (χ1) is 6.18. The summed E-state index contributed by atoms with van der Waals surface area (Å²) in [4.78, 5) is 13.9. The van der Waals surface area contributed by atoms with Gasteiger partial charge in [0.25, 0.3) is 0 Å². The highest BCUT2D eigenvalue weighted by Gasteiger charge is 2.09.